The predicted molar refractivity (Wildman–Crippen MR) is 83.1 cm³/mol. The Morgan fingerprint density at radius 3 is 2.57 bits per heavy atom. The fourth-order valence-electron chi connectivity index (χ4n) is 2.51. The van der Waals surface area contributed by atoms with Crippen molar-refractivity contribution in [2.45, 2.75) is 32.2 Å². The molecule has 7 heteroatoms. The number of nitro benzene ring substituents is 1. The van der Waals surface area contributed by atoms with Gasteiger partial charge in [0.15, 0.2) is 0 Å². The van der Waals surface area contributed by atoms with Crippen molar-refractivity contribution in [3.8, 4) is 0 Å². The number of hydrogen-bond acceptors (Lipinski definition) is 4. The maximum atomic E-state index is 12.4. The first-order valence-corrected chi connectivity index (χ1v) is 6.70. The SMILES string of the molecule is Cc1c(C(=O)NC2(C)CCNCC2)cccc1[N+](=O)[O-].Cl. The number of nitrogens with zero attached hydrogens (tertiary/aromatic N) is 1. The smallest absolute Gasteiger partial charge is 0.273 e. The Bertz CT molecular complexity index is 542. The zero-order valence-electron chi connectivity index (χ0n) is 12.1. The van der Waals surface area contributed by atoms with E-state index in [1.54, 1.807) is 19.1 Å². The van der Waals surface area contributed by atoms with Gasteiger partial charge in [-0.15, -0.1) is 12.4 Å². The summed E-state index contributed by atoms with van der Waals surface area (Å²) in [6.45, 7) is 5.35. The minimum Gasteiger partial charge on any atom is -0.347 e. The first-order chi connectivity index (χ1) is 9.43. The Morgan fingerprint density at radius 1 is 1.38 bits per heavy atom. The molecule has 1 heterocycles. The lowest BCUT2D eigenvalue weighted by Crippen LogP contribution is -2.52. The van der Waals surface area contributed by atoms with Crippen molar-refractivity contribution in [2.24, 2.45) is 0 Å². The van der Waals surface area contributed by atoms with E-state index >= 15 is 0 Å². The molecule has 1 fully saturated rings. The van der Waals surface area contributed by atoms with Crippen LogP contribution in [0.5, 0.6) is 0 Å². The van der Waals surface area contributed by atoms with Crippen LogP contribution in [-0.4, -0.2) is 29.5 Å². The van der Waals surface area contributed by atoms with E-state index in [-0.39, 0.29) is 29.5 Å². The summed E-state index contributed by atoms with van der Waals surface area (Å²) >= 11 is 0. The number of benzene rings is 1. The Labute approximate surface area is 129 Å². The van der Waals surface area contributed by atoms with E-state index in [0.717, 1.165) is 25.9 Å². The standard InChI is InChI=1S/C14H19N3O3.ClH/c1-10-11(4-3-5-12(10)17(19)20)13(18)16-14(2)6-8-15-9-7-14;/h3-5,15H,6-9H2,1-2H3,(H,16,18);1H. The number of amides is 1. The molecule has 0 saturated carbocycles. The van der Waals surface area contributed by atoms with Gasteiger partial charge in [0.2, 0.25) is 0 Å². The van der Waals surface area contributed by atoms with E-state index in [2.05, 4.69) is 10.6 Å². The van der Waals surface area contributed by atoms with Crippen molar-refractivity contribution in [2.75, 3.05) is 13.1 Å². The van der Waals surface area contributed by atoms with Crippen LogP contribution in [0.4, 0.5) is 5.69 Å². The van der Waals surface area contributed by atoms with E-state index in [9.17, 15) is 14.9 Å². The highest BCUT2D eigenvalue weighted by Crippen LogP contribution is 2.23. The third kappa shape index (κ3) is 3.92. The highest BCUT2D eigenvalue weighted by atomic mass is 35.5. The van der Waals surface area contributed by atoms with Gasteiger partial charge in [0, 0.05) is 22.7 Å². The minimum atomic E-state index is -0.460. The Kier molecular flexibility index (Phi) is 5.69. The number of carbonyl (C=O) groups excluding carboxylic acids is 1. The molecule has 0 aromatic heterocycles. The van der Waals surface area contributed by atoms with Gasteiger partial charge in [0.1, 0.15) is 0 Å². The molecule has 0 atom stereocenters. The molecule has 0 bridgehead atoms. The summed E-state index contributed by atoms with van der Waals surface area (Å²) in [5.41, 5.74) is 0.513. The fourth-order valence-corrected chi connectivity index (χ4v) is 2.51. The molecule has 1 aromatic carbocycles. The van der Waals surface area contributed by atoms with E-state index < -0.39 is 4.92 Å². The molecule has 1 aromatic rings. The first-order valence-electron chi connectivity index (χ1n) is 6.70. The van der Waals surface area contributed by atoms with Crippen molar-refractivity contribution in [3.63, 3.8) is 0 Å². The molecule has 116 valence electrons. The molecule has 2 N–H and O–H groups in total. The molecule has 1 saturated heterocycles. The largest absolute Gasteiger partial charge is 0.347 e. The van der Waals surface area contributed by atoms with Crippen molar-refractivity contribution in [3.05, 3.63) is 39.4 Å². The maximum absolute atomic E-state index is 12.4. The van der Waals surface area contributed by atoms with Crippen LogP contribution in [0.15, 0.2) is 18.2 Å². The van der Waals surface area contributed by atoms with Crippen molar-refractivity contribution < 1.29 is 9.72 Å². The molecular weight excluding hydrogens is 294 g/mol. The maximum Gasteiger partial charge on any atom is 0.273 e. The van der Waals surface area contributed by atoms with Crippen LogP contribution in [0.25, 0.3) is 0 Å². The summed E-state index contributed by atoms with van der Waals surface area (Å²) in [7, 11) is 0. The van der Waals surface area contributed by atoms with Gasteiger partial charge >= 0.3 is 0 Å². The van der Waals surface area contributed by atoms with Crippen molar-refractivity contribution in [1.82, 2.24) is 10.6 Å². The summed E-state index contributed by atoms with van der Waals surface area (Å²) < 4.78 is 0. The van der Waals surface area contributed by atoms with Gasteiger partial charge in [-0.05, 0) is 45.8 Å². The van der Waals surface area contributed by atoms with Gasteiger partial charge in [-0.2, -0.15) is 0 Å². The van der Waals surface area contributed by atoms with E-state index in [1.807, 2.05) is 6.92 Å². The number of nitro groups is 1. The monoisotopic (exact) mass is 313 g/mol. The minimum absolute atomic E-state index is 0. The van der Waals surface area contributed by atoms with E-state index in [4.69, 9.17) is 0 Å². The molecule has 0 aliphatic carbocycles. The van der Waals surface area contributed by atoms with Gasteiger partial charge < -0.3 is 10.6 Å². The average molecular weight is 314 g/mol. The fraction of sp³-hybridized carbons (Fsp3) is 0.500. The number of nitrogens with one attached hydrogen (secondary N) is 2. The lowest BCUT2D eigenvalue weighted by Gasteiger charge is -2.35. The molecule has 0 spiro atoms. The highest BCUT2D eigenvalue weighted by Gasteiger charge is 2.29. The molecule has 1 aliphatic rings. The molecule has 0 unspecified atom stereocenters. The van der Waals surface area contributed by atoms with Gasteiger partial charge in [0.05, 0.1) is 4.92 Å². The number of piperidine rings is 1. The number of rotatable bonds is 3. The number of hydrogen-bond donors (Lipinski definition) is 2. The normalized spacial score (nSPS) is 16.7. The lowest BCUT2D eigenvalue weighted by molar-refractivity contribution is -0.385. The van der Waals surface area contributed by atoms with E-state index in [1.165, 1.54) is 6.07 Å². The summed E-state index contributed by atoms with van der Waals surface area (Å²) in [6.07, 6.45) is 1.71. The molecule has 1 amide bonds. The summed E-state index contributed by atoms with van der Waals surface area (Å²) in [4.78, 5) is 22.8. The first kappa shape index (κ1) is 17.4. The summed E-state index contributed by atoms with van der Waals surface area (Å²) in [5.74, 6) is -0.240. The summed E-state index contributed by atoms with van der Waals surface area (Å²) in [6, 6.07) is 4.59. The molecular formula is C14H20ClN3O3. The third-order valence-electron chi connectivity index (χ3n) is 3.87. The zero-order valence-corrected chi connectivity index (χ0v) is 13.0. The Balaban J connectivity index is 0.00000220. The van der Waals surface area contributed by atoms with Gasteiger partial charge in [-0.3, -0.25) is 14.9 Å². The topological polar surface area (TPSA) is 84.3 Å². The van der Waals surface area contributed by atoms with Crippen LogP contribution in [0.3, 0.4) is 0 Å². The van der Waals surface area contributed by atoms with Crippen LogP contribution in [0.1, 0.15) is 35.7 Å². The van der Waals surface area contributed by atoms with Crippen LogP contribution in [-0.2, 0) is 0 Å². The predicted octanol–water partition coefficient (Wildman–Crippen LogP) is 2.20. The second kappa shape index (κ2) is 6.87. The van der Waals surface area contributed by atoms with Crippen LogP contribution in [0, 0.1) is 17.0 Å². The van der Waals surface area contributed by atoms with Gasteiger partial charge in [0.25, 0.3) is 11.6 Å². The number of halogens is 1. The van der Waals surface area contributed by atoms with Gasteiger partial charge in [-0.1, -0.05) is 6.07 Å². The Hall–Kier alpha value is -1.66. The quantitative estimate of drug-likeness (QED) is 0.662. The van der Waals surface area contributed by atoms with Crippen LogP contribution >= 0.6 is 12.4 Å². The molecule has 0 radical (unpaired) electrons. The van der Waals surface area contributed by atoms with Crippen molar-refractivity contribution in [1.29, 1.82) is 0 Å². The molecule has 2 rings (SSSR count). The highest BCUT2D eigenvalue weighted by molar-refractivity contribution is 5.97. The zero-order chi connectivity index (χ0) is 14.8. The van der Waals surface area contributed by atoms with Crippen LogP contribution < -0.4 is 10.6 Å². The van der Waals surface area contributed by atoms with Crippen LogP contribution in [0.2, 0.25) is 0 Å². The van der Waals surface area contributed by atoms with Crippen molar-refractivity contribution >= 4 is 24.0 Å². The lowest BCUT2D eigenvalue weighted by atomic mass is 9.90. The third-order valence-corrected chi connectivity index (χ3v) is 3.87. The molecule has 6 nitrogen and oxygen atoms in total. The molecule has 1 aliphatic heterocycles. The Morgan fingerprint density at radius 2 is 2.00 bits per heavy atom. The van der Waals surface area contributed by atoms with Gasteiger partial charge in [-0.25, -0.2) is 0 Å². The van der Waals surface area contributed by atoms with E-state index in [0.29, 0.717) is 11.1 Å². The number of carbonyl (C=O) groups is 1. The second-order valence-corrected chi connectivity index (χ2v) is 5.47. The summed E-state index contributed by atoms with van der Waals surface area (Å²) in [5, 5.41) is 17.2. The molecule has 21 heavy (non-hydrogen) atoms. The average Bonchev–Trinajstić information content (AvgIpc) is 2.38. The second-order valence-electron chi connectivity index (χ2n) is 5.47.